The molecule has 1 heterocycles. The van der Waals surface area contributed by atoms with Gasteiger partial charge in [0, 0.05) is 12.6 Å². The van der Waals surface area contributed by atoms with Crippen LogP contribution in [0.4, 0.5) is 5.69 Å². The molecule has 2 N–H and O–H groups in total. The summed E-state index contributed by atoms with van der Waals surface area (Å²) in [7, 11) is -3.63. The zero-order valence-electron chi connectivity index (χ0n) is 11.7. The van der Waals surface area contributed by atoms with Crippen LogP contribution in [0.2, 0.25) is 0 Å². The molecule has 0 unspecified atom stereocenters. The minimum absolute atomic E-state index is 0.0851. The fraction of sp³-hybridized carbons (Fsp3) is 0.214. The van der Waals surface area contributed by atoms with Crippen LogP contribution in [0, 0.1) is 6.92 Å². The van der Waals surface area contributed by atoms with Crippen LogP contribution in [0.5, 0.6) is 0 Å². The van der Waals surface area contributed by atoms with Gasteiger partial charge in [-0.3, -0.25) is 4.79 Å². The molecular formula is C14H16N2O4S. The fourth-order valence-corrected chi connectivity index (χ4v) is 2.87. The van der Waals surface area contributed by atoms with Crippen molar-refractivity contribution in [2.75, 3.05) is 5.32 Å². The number of carbonyl (C=O) groups is 1. The lowest BCUT2D eigenvalue weighted by Gasteiger charge is -2.10. The number of benzene rings is 1. The first-order chi connectivity index (χ1) is 9.88. The van der Waals surface area contributed by atoms with Gasteiger partial charge in [0.05, 0.1) is 17.7 Å². The number of carbonyl (C=O) groups excluding carboxylic acids is 1. The van der Waals surface area contributed by atoms with Crippen molar-refractivity contribution in [1.82, 2.24) is 4.72 Å². The summed E-state index contributed by atoms with van der Waals surface area (Å²) in [6, 6.07) is 7.90. The number of anilines is 1. The number of nitrogens with one attached hydrogen (secondary N) is 2. The molecule has 7 heteroatoms. The largest absolute Gasteiger partial charge is 0.468 e. The van der Waals surface area contributed by atoms with Gasteiger partial charge < -0.3 is 9.73 Å². The molecule has 0 fully saturated rings. The van der Waals surface area contributed by atoms with Crippen molar-refractivity contribution in [2.45, 2.75) is 25.3 Å². The lowest BCUT2D eigenvalue weighted by Crippen LogP contribution is -2.23. The molecule has 1 aromatic carbocycles. The Kier molecular flexibility index (Phi) is 4.44. The highest BCUT2D eigenvalue weighted by Gasteiger charge is 2.15. The summed E-state index contributed by atoms with van der Waals surface area (Å²) in [6.45, 7) is 3.22. The summed E-state index contributed by atoms with van der Waals surface area (Å²) in [5, 5.41) is 2.64. The zero-order chi connectivity index (χ0) is 15.5. The van der Waals surface area contributed by atoms with Gasteiger partial charge in [-0.2, -0.15) is 0 Å². The van der Waals surface area contributed by atoms with Crippen LogP contribution in [0.1, 0.15) is 18.2 Å². The topological polar surface area (TPSA) is 88.4 Å². The summed E-state index contributed by atoms with van der Waals surface area (Å²) >= 11 is 0. The highest BCUT2D eigenvalue weighted by atomic mass is 32.2. The van der Waals surface area contributed by atoms with Gasteiger partial charge in [-0.15, -0.1) is 0 Å². The van der Waals surface area contributed by atoms with Crippen LogP contribution in [-0.4, -0.2) is 14.3 Å². The number of aryl methyl sites for hydroxylation is 1. The van der Waals surface area contributed by atoms with Crippen molar-refractivity contribution < 1.29 is 17.6 Å². The maximum atomic E-state index is 12.2. The van der Waals surface area contributed by atoms with Crippen LogP contribution in [0.3, 0.4) is 0 Å². The van der Waals surface area contributed by atoms with Gasteiger partial charge in [-0.25, -0.2) is 13.1 Å². The number of hydrogen-bond acceptors (Lipinski definition) is 4. The summed E-state index contributed by atoms with van der Waals surface area (Å²) in [4.78, 5) is 11.2. The third kappa shape index (κ3) is 3.93. The molecule has 0 bridgehead atoms. The van der Waals surface area contributed by atoms with E-state index in [0.29, 0.717) is 17.0 Å². The Morgan fingerprint density at radius 2 is 2.05 bits per heavy atom. The molecule has 21 heavy (non-hydrogen) atoms. The van der Waals surface area contributed by atoms with Gasteiger partial charge in [0.25, 0.3) is 0 Å². The van der Waals surface area contributed by atoms with Gasteiger partial charge in [-0.05, 0) is 42.8 Å². The lowest BCUT2D eigenvalue weighted by atomic mass is 10.2. The van der Waals surface area contributed by atoms with E-state index in [2.05, 4.69) is 10.0 Å². The molecule has 2 rings (SSSR count). The van der Waals surface area contributed by atoms with Crippen LogP contribution >= 0.6 is 0 Å². The molecule has 0 spiro atoms. The smallest absolute Gasteiger partial charge is 0.240 e. The summed E-state index contributed by atoms with van der Waals surface area (Å²) in [5.41, 5.74) is 1.26. The van der Waals surface area contributed by atoms with Gasteiger partial charge in [0.1, 0.15) is 5.76 Å². The van der Waals surface area contributed by atoms with Crippen LogP contribution in [-0.2, 0) is 21.4 Å². The van der Waals surface area contributed by atoms with E-state index < -0.39 is 10.0 Å². The molecule has 0 atom stereocenters. The van der Waals surface area contributed by atoms with Gasteiger partial charge in [-0.1, -0.05) is 0 Å². The highest BCUT2D eigenvalue weighted by Crippen LogP contribution is 2.19. The van der Waals surface area contributed by atoms with E-state index >= 15 is 0 Å². The van der Waals surface area contributed by atoms with E-state index in [9.17, 15) is 13.2 Å². The minimum atomic E-state index is -3.63. The molecule has 0 aliphatic rings. The van der Waals surface area contributed by atoms with Crippen molar-refractivity contribution >= 4 is 21.6 Å². The Labute approximate surface area is 123 Å². The standard InChI is InChI=1S/C14H16N2O4S/c1-10-8-13(5-6-14(10)16-11(2)17)21(18,19)15-9-12-4-3-7-20-12/h3-8,15H,9H2,1-2H3,(H,16,17). The molecule has 0 saturated carbocycles. The molecule has 1 amide bonds. The molecule has 1 aromatic heterocycles. The monoisotopic (exact) mass is 308 g/mol. The van der Waals surface area contributed by atoms with Gasteiger partial charge >= 0.3 is 0 Å². The number of hydrogen-bond donors (Lipinski definition) is 2. The normalized spacial score (nSPS) is 11.3. The fourth-order valence-electron chi connectivity index (χ4n) is 1.80. The molecule has 0 aliphatic carbocycles. The third-order valence-electron chi connectivity index (χ3n) is 2.84. The Balaban J connectivity index is 2.16. The molecular weight excluding hydrogens is 292 g/mol. The average Bonchev–Trinajstić information content (AvgIpc) is 2.91. The molecule has 0 aliphatic heterocycles. The molecule has 0 saturated heterocycles. The van der Waals surface area contributed by atoms with Crippen molar-refractivity contribution in [2.24, 2.45) is 0 Å². The summed E-state index contributed by atoms with van der Waals surface area (Å²) < 4.78 is 31.9. The Morgan fingerprint density at radius 1 is 1.29 bits per heavy atom. The first-order valence-electron chi connectivity index (χ1n) is 6.29. The SMILES string of the molecule is CC(=O)Nc1ccc(S(=O)(=O)NCc2ccco2)cc1C. The average molecular weight is 308 g/mol. The van der Waals surface area contributed by atoms with Crippen molar-refractivity contribution in [3.05, 3.63) is 47.9 Å². The molecule has 112 valence electrons. The van der Waals surface area contributed by atoms with Crippen molar-refractivity contribution in [1.29, 1.82) is 0 Å². The van der Waals surface area contributed by atoms with Crippen LogP contribution < -0.4 is 10.0 Å². The van der Waals surface area contributed by atoms with E-state index in [1.54, 1.807) is 25.1 Å². The van der Waals surface area contributed by atoms with E-state index in [1.165, 1.54) is 25.3 Å². The minimum Gasteiger partial charge on any atom is -0.468 e. The zero-order valence-corrected chi connectivity index (χ0v) is 12.5. The highest BCUT2D eigenvalue weighted by molar-refractivity contribution is 7.89. The summed E-state index contributed by atoms with van der Waals surface area (Å²) in [6.07, 6.45) is 1.48. The van der Waals surface area contributed by atoms with E-state index in [0.717, 1.165) is 0 Å². The van der Waals surface area contributed by atoms with E-state index in [-0.39, 0.29) is 17.3 Å². The van der Waals surface area contributed by atoms with Crippen LogP contribution in [0.25, 0.3) is 0 Å². The maximum absolute atomic E-state index is 12.2. The number of sulfonamides is 1. The Morgan fingerprint density at radius 3 is 2.62 bits per heavy atom. The van der Waals surface area contributed by atoms with Crippen LogP contribution in [0.15, 0.2) is 45.9 Å². The predicted molar refractivity (Wildman–Crippen MR) is 78.2 cm³/mol. The first kappa shape index (κ1) is 15.3. The number of amides is 1. The third-order valence-corrected chi connectivity index (χ3v) is 4.23. The number of furan rings is 1. The van der Waals surface area contributed by atoms with E-state index in [1.807, 2.05) is 0 Å². The second-order valence-corrected chi connectivity index (χ2v) is 6.33. The van der Waals surface area contributed by atoms with Gasteiger partial charge in [0.15, 0.2) is 0 Å². The van der Waals surface area contributed by atoms with E-state index in [4.69, 9.17) is 4.42 Å². The molecule has 6 nitrogen and oxygen atoms in total. The van der Waals surface area contributed by atoms with Crippen molar-refractivity contribution in [3.8, 4) is 0 Å². The first-order valence-corrected chi connectivity index (χ1v) is 7.77. The van der Waals surface area contributed by atoms with Gasteiger partial charge in [0.2, 0.25) is 15.9 Å². The van der Waals surface area contributed by atoms with Crippen molar-refractivity contribution in [3.63, 3.8) is 0 Å². The molecule has 2 aromatic rings. The Hall–Kier alpha value is -2.12. The second kappa shape index (κ2) is 6.11. The Bertz CT molecular complexity index is 736. The number of rotatable bonds is 5. The second-order valence-electron chi connectivity index (χ2n) is 4.56. The maximum Gasteiger partial charge on any atom is 0.240 e. The lowest BCUT2D eigenvalue weighted by molar-refractivity contribution is -0.114. The quantitative estimate of drug-likeness (QED) is 0.884. The molecule has 0 radical (unpaired) electrons. The summed E-state index contributed by atoms with van der Waals surface area (Å²) in [5.74, 6) is 0.329. The predicted octanol–water partition coefficient (Wildman–Crippen LogP) is 2.02.